The quantitative estimate of drug-likeness (QED) is 0.655. The average Bonchev–Trinajstić information content (AvgIpc) is 3.60. The lowest BCUT2D eigenvalue weighted by molar-refractivity contribution is 0.0958. The second-order valence-electron chi connectivity index (χ2n) is 8.27. The maximum atomic E-state index is 12.1. The Labute approximate surface area is 180 Å². The summed E-state index contributed by atoms with van der Waals surface area (Å²) in [6.07, 6.45) is 5.54. The number of aromatic nitrogens is 3. The van der Waals surface area contributed by atoms with Gasteiger partial charge in [0.15, 0.2) is 0 Å². The van der Waals surface area contributed by atoms with Crippen LogP contribution in [-0.4, -0.2) is 58.0 Å². The summed E-state index contributed by atoms with van der Waals surface area (Å²) in [5, 5.41) is 2.60. The molecule has 0 unspecified atom stereocenters. The SMILES string of the molecule is CCc1cc2ncc(CN3CCN(c4ccc(C(=O)NC)nc4)[C@@H]4C[C@@H]43)cc2[nH]c1=O. The number of rotatable bonds is 5. The summed E-state index contributed by atoms with van der Waals surface area (Å²) < 4.78 is 0. The minimum absolute atomic E-state index is 0.0270. The number of hydrogen-bond donors (Lipinski definition) is 2. The average molecular weight is 419 g/mol. The van der Waals surface area contributed by atoms with Crippen LogP contribution in [0.25, 0.3) is 11.0 Å². The zero-order chi connectivity index (χ0) is 21.5. The van der Waals surface area contributed by atoms with E-state index in [1.165, 1.54) is 0 Å². The number of anilines is 1. The Kier molecular flexibility index (Phi) is 4.94. The van der Waals surface area contributed by atoms with Crippen LogP contribution in [0.4, 0.5) is 5.69 Å². The molecule has 1 amide bonds. The second-order valence-corrected chi connectivity index (χ2v) is 8.27. The van der Waals surface area contributed by atoms with Gasteiger partial charge in [0.2, 0.25) is 0 Å². The molecule has 2 N–H and O–H groups in total. The molecule has 4 heterocycles. The van der Waals surface area contributed by atoms with Gasteiger partial charge in [-0.25, -0.2) is 4.98 Å². The van der Waals surface area contributed by atoms with Crippen LogP contribution in [0.3, 0.4) is 0 Å². The highest BCUT2D eigenvalue weighted by atomic mass is 16.1. The number of aromatic amines is 1. The van der Waals surface area contributed by atoms with Crippen LogP contribution in [0.2, 0.25) is 0 Å². The number of fused-ring (bicyclic) bond motifs is 2. The first-order chi connectivity index (χ1) is 15.1. The maximum absolute atomic E-state index is 12.1. The van der Waals surface area contributed by atoms with Gasteiger partial charge in [0, 0.05) is 50.5 Å². The number of pyridine rings is 3. The van der Waals surface area contributed by atoms with Crippen molar-refractivity contribution in [2.75, 3.05) is 25.0 Å². The van der Waals surface area contributed by atoms with Crippen molar-refractivity contribution in [1.82, 2.24) is 25.2 Å². The number of nitrogens with zero attached hydrogens (tertiary/aromatic N) is 4. The van der Waals surface area contributed by atoms with Crippen LogP contribution in [0, 0.1) is 0 Å². The number of H-pyrrole nitrogens is 1. The molecular weight excluding hydrogens is 392 g/mol. The summed E-state index contributed by atoms with van der Waals surface area (Å²) in [4.78, 5) is 40.6. The zero-order valence-electron chi connectivity index (χ0n) is 17.8. The second kappa shape index (κ2) is 7.77. The predicted molar refractivity (Wildman–Crippen MR) is 119 cm³/mol. The number of amides is 1. The maximum Gasteiger partial charge on any atom is 0.269 e. The van der Waals surface area contributed by atoms with Gasteiger partial charge in [-0.15, -0.1) is 0 Å². The molecule has 2 aliphatic rings. The Balaban J connectivity index is 1.27. The highest BCUT2D eigenvalue weighted by Gasteiger charge is 2.48. The summed E-state index contributed by atoms with van der Waals surface area (Å²) >= 11 is 0. The fourth-order valence-corrected chi connectivity index (χ4v) is 4.55. The first-order valence-electron chi connectivity index (χ1n) is 10.8. The van der Waals surface area contributed by atoms with Gasteiger partial charge >= 0.3 is 0 Å². The van der Waals surface area contributed by atoms with E-state index in [9.17, 15) is 9.59 Å². The van der Waals surface area contributed by atoms with Crippen molar-refractivity contribution in [2.24, 2.45) is 0 Å². The van der Waals surface area contributed by atoms with Crippen molar-refractivity contribution < 1.29 is 4.79 Å². The van der Waals surface area contributed by atoms with Gasteiger partial charge in [-0.2, -0.15) is 0 Å². The number of aryl methyl sites for hydroxylation is 1. The minimum Gasteiger partial charge on any atom is -0.364 e. The first-order valence-corrected chi connectivity index (χ1v) is 10.8. The molecule has 0 bridgehead atoms. The normalized spacial score (nSPS) is 20.5. The predicted octanol–water partition coefficient (Wildman–Crippen LogP) is 1.70. The molecular formula is C23H26N6O2. The fourth-order valence-electron chi connectivity index (χ4n) is 4.55. The summed E-state index contributed by atoms with van der Waals surface area (Å²) in [5.41, 5.74) is 4.99. The van der Waals surface area contributed by atoms with Crippen LogP contribution in [-0.2, 0) is 13.0 Å². The van der Waals surface area contributed by atoms with Gasteiger partial charge in [0.05, 0.1) is 22.9 Å². The molecule has 3 aromatic heterocycles. The van der Waals surface area contributed by atoms with E-state index in [-0.39, 0.29) is 11.5 Å². The standard InChI is InChI=1S/C23H26N6O2/c1-3-15-9-18-19(27-22(15)30)8-14(11-25-18)13-28-6-7-29(21-10-20(21)28)16-4-5-17(26-12-16)23(31)24-2/h4-5,8-9,11-12,20-21H,3,6-7,10,13H2,1-2H3,(H,24,31)(H,27,30)/t20-,21+/m0/s1. The zero-order valence-corrected chi connectivity index (χ0v) is 17.8. The van der Waals surface area contributed by atoms with Gasteiger partial charge in [-0.05, 0) is 42.7 Å². The van der Waals surface area contributed by atoms with E-state index in [4.69, 9.17) is 0 Å². The lowest BCUT2D eigenvalue weighted by Gasteiger charge is -2.35. The minimum atomic E-state index is -0.170. The highest BCUT2D eigenvalue weighted by molar-refractivity contribution is 5.92. The van der Waals surface area contributed by atoms with Gasteiger partial charge in [0.1, 0.15) is 5.69 Å². The number of carbonyl (C=O) groups excluding carboxylic acids is 1. The molecule has 5 rings (SSSR count). The lowest BCUT2D eigenvalue weighted by atomic mass is 10.1. The molecule has 1 aliphatic carbocycles. The molecule has 0 aromatic carbocycles. The highest BCUT2D eigenvalue weighted by Crippen LogP contribution is 2.40. The molecule has 1 saturated carbocycles. The molecule has 160 valence electrons. The van der Waals surface area contributed by atoms with Crippen molar-refractivity contribution in [2.45, 2.75) is 38.4 Å². The first kappa shape index (κ1) is 19.7. The topological polar surface area (TPSA) is 94.2 Å². The van der Waals surface area contributed by atoms with Crippen molar-refractivity contribution in [3.63, 3.8) is 0 Å². The molecule has 1 saturated heterocycles. The Bertz CT molecular complexity index is 1190. The van der Waals surface area contributed by atoms with Gasteiger partial charge < -0.3 is 15.2 Å². The molecule has 0 spiro atoms. The largest absolute Gasteiger partial charge is 0.364 e. The van der Waals surface area contributed by atoms with Crippen LogP contribution in [0.1, 0.15) is 35.0 Å². The van der Waals surface area contributed by atoms with Gasteiger partial charge in [0.25, 0.3) is 11.5 Å². The van der Waals surface area contributed by atoms with Crippen molar-refractivity contribution in [3.8, 4) is 0 Å². The summed E-state index contributed by atoms with van der Waals surface area (Å²) in [6.45, 7) is 4.66. The van der Waals surface area contributed by atoms with Crippen LogP contribution in [0.15, 0.2) is 41.5 Å². The van der Waals surface area contributed by atoms with E-state index in [1.807, 2.05) is 31.3 Å². The molecule has 1 aliphatic heterocycles. The molecule has 3 aromatic rings. The molecule has 31 heavy (non-hydrogen) atoms. The van der Waals surface area contributed by atoms with E-state index >= 15 is 0 Å². The Morgan fingerprint density at radius 2 is 2.06 bits per heavy atom. The fraction of sp³-hybridized carbons (Fsp3) is 0.391. The molecule has 8 heteroatoms. The van der Waals surface area contributed by atoms with Gasteiger partial charge in [-0.3, -0.25) is 19.5 Å². The van der Waals surface area contributed by atoms with E-state index in [1.54, 1.807) is 19.3 Å². The van der Waals surface area contributed by atoms with Crippen molar-refractivity contribution in [3.05, 3.63) is 63.8 Å². The molecule has 2 fully saturated rings. The van der Waals surface area contributed by atoms with Gasteiger partial charge in [-0.1, -0.05) is 6.92 Å². The third kappa shape index (κ3) is 3.67. The summed E-state index contributed by atoms with van der Waals surface area (Å²) in [7, 11) is 1.61. The van der Waals surface area contributed by atoms with Crippen molar-refractivity contribution in [1.29, 1.82) is 0 Å². The lowest BCUT2D eigenvalue weighted by Crippen LogP contribution is -2.46. The monoisotopic (exact) mass is 418 g/mol. The molecule has 2 atom stereocenters. The number of hydrogen-bond acceptors (Lipinski definition) is 6. The third-order valence-electron chi connectivity index (χ3n) is 6.35. The van der Waals surface area contributed by atoms with E-state index < -0.39 is 0 Å². The number of nitrogens with one attached hydrogen (secondary N) is 2. The van der Waals surface area contributed by atoms with Crippen molar-refractivity contribution >= 4 is 22.6 Å². The number of piperazine rings is 1. The van der Waals surface area contributed by atoms with E-state index in [2.05, 4.69) is 30.1 Å². The van der Waals surface area contributed by atoms with E-state index in [0.717, 1.165) is 53.9 Å². The third-order valence-corrected chi connectivity index (χ3v) is 6.35. The van der Waals surface area contributed by atoms with E-state index in [0.29, 0.717) is 24.2 Å². The molecule has 0 radical (unpaired) electrons. The number of carbonyl (C=O) groups is 1. The van der Waals surface area contributed by atoms with Crippen LogP contribution >= 0.6 is 0 Å². The van der Waals surface area contributed by atoms with Crippen LogP contribution < -0.4 is 15.8 Å². The Morgan fingerprint density at radius 1 is 1.19 bits per heavy atom. The Hall–Kier alpha value is -3.26. The Morgan fingerprint density at radius 3 is 2.81 bits per heavy atom. The molecule has 8 nitrogen and oxygen atoms in total. The van der Waals surface area contributed by atoms with Crippen LogP contribution in [0.5, 0.6) is 0 Å². The summed E-state index contributed by atoms with van der Waals surface area (Å²) in [6, 6.07) is 8.68. The smallest absolute Gasteiger partial charge is 0.269 e. The summed E-state index contributed by atoms with van der Waals surface area (Å²) in [5.74, 6) is -0.170.